The maximum atomic E-state index is 5.86. The van der Waals surface area contributed by atoms with Gasteiger partial charge in [-0.1, -0.05) is 42.1 Å². The second-order valence-electron chi connectivity index (χ2n) is 6.41. The molecule has 0 bridgehead atoms. The summed E-state index contributed by atoms with van der Waals surface area (Å²) in [6, 6.07) is 17.8. The van der Waals surface area contributed by atoms with Gasteiger partial charge in [-0.15, -0.1) is 21.5 Å². The lowest BCUT2D eigenvalue weighted by Crippen LogP contribution is -2.07. The Morgan fingerprint density at radius 3 is 2.50 bits per heavy atom. The van der Waals surface area contributed by atoms with E-state index >= 15 is 0 Å². The zero-order valence-corrected chi connectivity index (χ0v) is 18.4. The van der Waals surface area contributed by atoms with Crippen molar-refractivity contribution >= 4 is 23.1 Å². The lowest BCUT2D eigenvalue weighted by Gasteiger charge is -2.09. The van der Waals surface area contributed by atoms with E-state index in [0.29, 0.717) is 6.61 Å². The van der Waals surface area contributed by atoms with Gasteiger partial charge in [0.25, 0.3) is 0 Å². The van der Waals surface area contributed by atoms with Crippen LogP contribution in [0.2, 0.25) is 0 Å². The molecular formula is C22H22N4O2S2. The number of methoxy groups -OCH3 is 1. The smallest absolute Gasteiger partial charge is 0.191 e. The van der Waals surface area contributed by atoms with E-state index in [1.807, 2.05) is 42.5 Å². The van der Waals surface area contributed by atoms with Crippen molar-refractivity contribution in [3.63, 3.8) is 0 Å². The third-order valence-electron chi connectivity index (χ3n) is 4.46. The van der Waals surface area contributed by atoms with E-state index in [4.69, 9.17) is 14.5 Å². The van der Waals surface area contributed by atoms with Crippen molar-refractivity contribution in [2.45, 2.75) is 31.0 Å². The molecule has 0 saturated carbocycles. The van der Waals surface area contributed by atoms with E-state index in [9.17, 15) is 0 Å². The van der Waals surface area contributed by atoms with Crippen molar-refractivity contribution in [3.8, 4) is 22.1 Å². The normalized spacial score (nSPS) is 10.9. The van der Waals surface area contributed by atoms with Crippen LogP contribution >= 0.6 is 23.1 Å². The number of benzene rings is 2. The summed E-state index contributed by atoms with van der Waals surface area (Å²) in [5.41, 5.74) is 2.19. The molecule has 0 radical (unpaired) electrons. The first-order valence-electron chi connectivity index (χ1n) is 9.58. The number of hydrogen-bond donors (Lipinski definition) is 0. The van der Waals surface area contributed by atoms with Crippen LogP contribution in [0, 0.1) is 0 Å². The number of rotatable bonds is 9. The Labute approximate surface area is 183 Å². The number of thiazole rings is 1. The molecular weight excluding hydrogens is 416 g/mol. The maximum Gasteiger partial charge on any atom is 0.191 e. The van der Waals surface area contributed by atoms with Crippen LogP contribution in [0.3, 0.4) is 0 Å². The van der Waals surface area contributed by atoms with Gasteiger partial charge in [0, 0.05) is 23.2 Å². The molecule has 2 aromatic heterocycles. The fourth-order valence-corrected chi connectivity index (χ4v) is 4.74. The Bertz CT molecular complexity index is 1080. The molecule has 0 saturated heterocycles. The number of thioether (sulfide) groups is 1. The SMILES string of the molecule is CCn1c(COc2ccc(OC)cc2)nnc1SCc1csc(-c2ccccc2)n1. The van der Waals surface area contributed by atoms with Gasteiger partial charge in [-0.25, -0.2) is 4.98 Å². The molecule has 4 aromatic rings. The van der Waals surface area contributed by atoms with Crippen LogP contribution in [0.5, 0.6) is 11.5 Å². The van der Waals surface area contributed by atoms with Gasteiger partial charge in [0.1, 0.15) is 23.1 Å². The molecule has 0 amide bonds. The first kappa shape index (κ1) is 20.4. The van der Waals surface area contributed by atoms with E-state index in [0.717, 1.165) is 51.0 Å². The van der Waals surface area contributed by atoms with Crippen molar-refractivity contribution in [2.75, 3.05) is 7.11 Å². The molecule has 8 heteroatoms. The predicted octanol–water partition coefficient (Wildman–Crippen LogP) is 5.30. The quantitative estimate of drug-likeness (QED) is 0.330. The molecule has 0 spiro atoms. The lowest BCUT2D eigenvalue weighted by molar-refractivity contribution is 0.287. The van der Waals surface area contributed by atoms with Crippen LogP contribution in [0.15, 0.2) is 65.1 Å². The van der Waals surface area contributed by atoms with Crippen LogP contribution in [-0.4, -0.2) is 26.9 Å². The molecule has 2 aromatic carbocycles. The van der Waals surface area contributed by atoms with Gasteiger partial charge >= 0.3 is 0 Å². The largest absolute Gasteiger partial charge is 0.497 e. The summed E-state index contributed by atoms with van der Waals surface area (Å²) in [5, 5.41) is 12.7. The Hall–Kier alpha value is -2.84. The van der Waals surface area contributed by atoms with Gasteiger partial charge in [-0.2, -0.15) is 0 Å². The second kappa shape index (κ2) is 9.77. The van der Waals surface area contributed by atoms with E-state index in [-0.39, 0.29) is 0 Å². The Morgan fingerprint density at radius 2 is 1.77 bits per heavy atom. The zero-order valence-electron chi connectivity index (χ0n) is 16.8. The van der Waals surface area contributed by atoms with Crippen LogP contribution in [0.4, 0.5) is 0 Å². The minimum atomic E-state index is 0.364. The third kappa shape index (κ3) is 4.83. The molecule has 6 nitrogen and oxygen atoms in total. The topological polar surface area (TPSA) is 62.1 Å². The Kier molecular flexibility index (Phi) is 6.66. The summed E-state index contributed by atoms with van der Waals surface area (Å²) in [7, 11) is 1.65. The van der Waals surface area contributed by atoms with Gasteiger partial charge in [-0.3, -0.25) is 0 Å². The van der Waals surface area contributed by atoms with Gasteiger partial charge < -0.3 is 14.0 Å². The molecule has 154 valence electrons. The summed E-state index contributed by atoms with van der Waals surface area (Å²) in [4.78, 5) is 4.75. The first-order valence-corrected chi connectivity index (χ1v) is 11.4. The number of hydrogen-bond acceptors (Lipinski definition) is 7. The fraction of sp³-hybridized carbons (Fsp3) is 0.227. The van der Waals surface area contributed by atoms with Crippen LogP contribution in [-0.2, 0) is 18.9 Å². The molecule has 0 aliphatic carbocycles. The van der Waals surface area contributed by atoms with Crippen molar-refractivity contribution in [1.29, 1.82) is 0 Å². The number of aromatic nitrogens is 4. The summed E-state index contributed by atoms with van der Waals surface area (Å²) in [6.07, 6.45) is 0. The molecule has 30 heavy (non-hydrogen) atoms. The summed E-state index contributed by atoms with van der Waals surface area (Å²) < 4.78 is 13.1. The molecule has 0 fully saturated rings. The molecule has 4 rings (SSSR count). The molecule has 0 atom stereocenters. The van der Waals surface area contributed by atoms with Crippen molar-refractivity contribution in [2.24, 2.45) is 0 Å². The highest BCUT2D eigenvalue weighted by atomic mass is 32.2. The highest BCUT2D eigenvalue weighted by Crippen LogP contribution is 2.28. The Balaban J connectivity index is 1.38. The van der Waals surface area contributed by atoms with Gasteiger partial charge in [-0.05, 0) is 31.2 Å². The van der Waals surface area contributed by atoms with Crippen molar-refractivity contribution < 1.29 is 9.47 Å². The van der Waals surface area contributed by atoms with E-state index < -0.39 is 0 Å². The monoisotopic (exact) mass is 438 g/mol. The minimum Gasteiger partial charge on any atom is -0.497 e. The molecule has 0 N–H and O–H groups in total. The number of ether oxygens (including phenoxy) is 2. The van der Waals surface area contributed by atoms with Gasteiger partial charge in [0.05, 0.1) is 12.8 Å². The van der Waals surface area contributed by atoms with Gasteiger partial charge in [0.2, 0.25) is 0 Å². The summed E-state index contributed by atoms with van der Waals surface area (Å²) >= 11 is 3.31. The second-order valence-corrected chi connectivity index (χ2v) is 8.21. The van der Waals surface area contributed by atoms with Crippen molar-refractivity contribution in [3.05, 3.63) is 71.5 Å². The molecule has 0 unspecified atom stereocenters. The predicted molar refractivity (Wildman–Crippen MR) is 120 cm³/mol. The van der Waals surface area contributed by atoms with Crippen LogP contribution in [0.25, 0.3) is 10.6 Å². The maximum absolute atomic E-state index is 5.86. The molecule has 0 aliphatic rings. The van der Waals surface area contributed by atoms with Crippen molar-refractivity contribution in [1.82, 2.24) is 19.7 Å². The summed E-state index contributed by atoms with van der Waals surface area (Å²) in [6.45, 7) is 3.23. The van der Waals surface area contributed by atoms with E-state index in [2.05, 4.69) is 39.2 Å². The van der Waals surface area contributed by atoms with Gasteiger partial charge in [0.15, 0.2) is 11.0 Å². The first-order chi connectivity index (χ1) is 14.8. The highest BCUT2D eigenvalue weighted by molar-refractivity contribution is 7.98. The Morgan fingerprint density at radius 1 is 1.00 bits per heavy atom. The zero-order chi connectivity index (χ0) is 20.8. The summed E-state index contributed by atoms with van der Waals surface area (Å²) in [5.74, 6) is 3.13. The van der Waals surface area contributed by atoms with Crippen LogP contribution < -0.4 is 9.47 Å². The highest BCUT2D eigenvalue weighted by Gasteiger charge is 2.13. The lowest BCUT2D eigenvalue weighted by atomic mass is 10.2. The average Bonchev–Trinajstić information content (AvgIpc) is 3.44. The number of nitrogens with zero attached hydrogens (tertiary/aromatic N) is 4. The minimum absolute atomic E-state index is 0.364. The van der Waals surface area contributed by atoms with Crippen LogP contribution in [0.1, 0.15) is 18.4 Å². The fourth-order valence-electron chi connectivity index (χ4n) is 2.90. The standard InChI is InChI=1S/C22H22N4O2S2/c1-3-26-20(13-28-19-11-9-18(27-2)10-12-19)24-25-22(26)30-15-17-14-29-21(23-17)16-7-5-4-6-8-16/h4-12,14H,3,13,15H2,1-2H3. The molecule has 0 aliphatic heterocycles. The average molecular weight is 439 g/mol. The van der Waals surface area contributed by atoms with E-state index in [1.165, 1.54) is 0 Å². The van der Waals surface area contributed by atoms with E-state index in [1.54, 1.807) is 30.2 Å². The third-order valence-corrected chi connectivity index (χ3v) is 6.40. The molecule has 2 heterocycles.